The van der Waals surface area contributed by atoms with Gasteiger partial charge in [-0.25, -0.2) is 4.72 Å². The Morgan fingerprint density at radius 2 is 1.69 bits per heavy atom. The third kappa shape index (κ3) is 6.25. The molecule has 2 saturated heterocycles. The van der Waals surface area contributed by atoms with E-state index >= 15 is 0 Å². The molecule has 1 aromatic heterocycles. The van der Waals surface area contributed by atoms with Crippen molar-refractivity contribution in [1.82, 2.24) is 23.4 Å². The van der Waals surface area contributed by atoms with Crippen LogP contribution < -0.4 is 9.46 Å². The molecule has 7 rings (SSSR count). The highest BCUT2D eigenvalue weighted by Gasteiger charge is 2.43. The fourth-order valence-corrected chi connectivity index (χ4v) is 8.89. The Labute approximate surface area is 285 Å². The number of ether oxygens (including phenoxy) is 1. The van der Waals surface area contributed by atoms with Crippen molar-refractivity contribution < 1.29 is 31.5 Å². The maximum Gasteiger partial charge on any atom is 0.394 e. The molecular formula is C36H43F2N5O5S. The Balaban J connectivity index is 1.45. The minimum Gasteiger partial charge on any atom is -0.432 e. The molecule has 2 atom stereocenters. The number of carbonyl (C=O) groups is 2. The van der Waals surface area contributed by atoms with Gasteiger partial charge in [-0.1, -0.05) is 37.5 Å². The molecule has 1 N–H and O–H groups in total. The zero-order chi connectivity index (χ0) is 34.8. The highest BCUT2D eigenvalue weighted by molar-refractivity contribution is 7.87. The second-order valence-electron chi connectivity index (χ2n) is 14.2. The summed E-state index contributed by atoms with van der Waals surface area (Å²) in [5.41, 5.74) is 4.20. The van der Waals surface area contributed by atoms with Crippen LogP contribution in [0.1, 0.15) is 79.3 Å². The van der Waals surface area contributed by atoms with Gasteiger partial charge in [0.1, 0.15) is 5.75 Å². The average Bonchev–Trinajstić information content (AvgIpc) is 3.43. The molecule has 2 aromatic carbocycles. The normalized spacial score (nSPS) is 21.7. The summed E-state index contributed by atoms with van der Waals surface area (Å²) in [6, 6.07) is 10.4. The molecule has 1 aliphatic carbocycles. The number of likely N-dealkylation sites (N-methyl/N-ethyl adjacent to an activating group) is 1. The van der Waals surface area contributed by atoms with Crippen LogP contribution in [0.3, 0.4) is 0 Å². The number of hydrogen-bond donors (Lipinski definition) is 1. The van der Waals surface area contributed by atoms with E-state index in [4.69, 9.17) is 4.74 Å². The maximum atomic E-state index is 14.6. The summed E-state index contributed by atoms with van der Waals surface area (Å²) >= 11 is 0. The van der Waals surface area contributed by atoms with Gasteiger partial charge in [0.05, 0.1) is 12.2 Å². The summed E-state index contributed by atoms with van der Waals surface area (Å²) in [7, 11) is 0.689. The van der Waals surface area contributed by atoms with Gasteiger partial charge in [-0.3, -0.25) is 9.59 Å². The number of benzene rings is 2. The van der Waals surface area contributed by atoms with Gasteiger partial charge in [-0.15, -0.1) is 0 Å². The van der Waals surface area contributed by atoms with Crippen LogP contribution in [0.25, 0.3) is 28.2 Å². The monoisotopic (exact) mass is 695 g/mol. The first kappa shape index (κ1) is 33.7. The van der Waals surface area contributed by atoms with E-state index in [-0.39, 0.29) is 41.8 Å². The zero-order valence-electron chi connectivity index (χ0n) is 28.3. The van der Waals surface area contributed by atoms with E-state index in [1.54, 1.807) is 24.3 Å². The quantitative estimate of drug-likeness (QED) is 0.346. The Kier molecular flexibility index (Phi) is 8.59. The first-order valence-electron chi connectivity index (χ1n) is 17.0. The number of hydrogen-bond acceptors (Lipinski definition) is 6. The van der Waals surface area contributed by atoms with E-state index in [0.717, 1.165) is 79.0 Å². The number of nitrogens with one attached hydrogen (secondary N) is 1. The van der Waals surface area contributed by atoms with E-state index in [9.17, 15) is 26.8 Å². The van der Waals surface area contributed by atoms with Crippen LogP contribution in [-0.2, 0) is 21.5 Å². The molecule has 3 fully saturated rings. The Morgan fingerprint density at radius 1 is 1.00 bits per heavy atom. The van der Waals surface area contributed by atoms with Gasteiger partial charge in [0, 0.05) is 79.4 Å². The van der Waals surface area contributed by atoms with E-state index < -0.39 is 22.2 Å². The lowest BCUT2D eigenvalue weighted by atomic mass is 9.81. The first-order chi connectivity index (χ1) is 23.2. The fourth-order valence-electron chi connectivity index (χ4n) is 8.36. The minimum absolute atomic E-state index is 0.0149. The number of nitrogens with zero attached hydrogens (tertiary/aromatic N) is 4. The van der Waals surface area contributed by atoms with Crippen LogP contribution in [0.4, 0.5) is 8.78 Å². The molecule has 2 amide bonds. The van der Waals surface area contributed by atoms with Crippen molar-refractivity contribution in [2.45, 2.75) is 82.5 Å². The number of fused-ring (bicyclic) bond motifs is 7. The molecule has 3 aromatic rings. The van der Waals surface area contributed by atoms with Gasteiger partial charge in [0.2, 0.25) is 0 Å². The molecule has 2 bridgehead atoms. The van der Waals surface area contributed by atoms with Crippen LogP contribution in [0, 0.1) is 0 Å². The number of aromatic nitrogens is 1. The summed E-state index contributed by atoms with van der Waals surface area (Å²) < 4.78 is 64.4. The van der Waals surface area contributed by atoms with Crippen LogP contribution in [0.5, 0.6) is 5.75 Å². The van der Waals surface area contributed by atoms with Crippen LogP contribution in [0.15, 0.2) is 42.0 Å². The third-order valence-corrected chi connectivity index (χ3v) is 11.9. The number of amides is 2. The van der Waals surface area contributed by atoms with Gasteiger partial charge in [0.15, 0.2) is 0 Å². The van der Waals surface area contributed by atoms with E-state index in [1.165, 1.54) is 20.2 Å². The highest BCUT2D eigenvalue weighted by atomic mass is 32.2. The lowest BCUT2D eigenvalue weighted by molar-refractivity contribution is -0.159. The second-order valence-corrected chi connectivity index (χ2v) is 16.1. The molecule has 0 spiro atoms. The topological polar surface area (TPSA) is 104 Å². The van der Waals surface area contributed by atoms with Crippen molar-refractivity contribution in [3.8, 4) is 17.0 Å². The van der Waals surface area contributed by atoms with Crippen molar-refractivity contribution in [2.24, 2.45) is 0 Å². The van der Waals surface area contributed by atoms with E-state index in [0.29, 0.717) is 29.1 Å². The van der Waals surface area contributed by atoms with Gasteiger partial charge in [-0.05, 0) is 68.5 Å². The van der Waals surface area contributed by atoms with E-state index in [2.05, 4.69) is 16.7 Å². The van der Waals surface area contributed by atoms with Crippen molar-refractivity contribution >= 4 is 39.0 Å². The minimum atomic E-state index is -4.05. The lowest BCUT2D eigenvalue weighted by Gasteiger charge is -2.40. The number of alkyl halides is 2. The van der Waals surface area contributed by atoms with Gasteiger partial charge < -0.3 is 19.1 Å². The van der Waals surface area contributed by atoms with Crippen molar-refractivity contribution in [1.29, 1.82) is 0 Å². The second kappa shape index (κ2) is 12.5. The van der Waals surface area contributed by atoms with Crippen LogP contribution in [0.2, 0.25) is 0 Å². The zero-order valence-corrected chi connectivity index (χ0v) is 29.2. The van der Waals surface area contributed by atoms with Crippen molar-refractivity contribution in [3.05, 3.63) is 58.7 Å². The predicted molar refractivity (Wildman–Crippen MR) is 184 cm³/mol. The molecule has 262 valence electrons. The molecule has 13 heteroatoms. The summed E-state index contributed by atoms with van der Waals surface area (Å²) in [4.78, 5) is 32.2. The highest BCUT2D eigenvalue weighted by Crippen LogP contribution is 2.48. The Hall–Kier alpha value is -3.81. The molecule has 10 nitrogen and oxygen atoms in total. The average molecular weight is 696 g/mol. The van der Waals surface area contributed by atoms with Crippen molar-refractivity contribution in [3.63, 3.8) is 0 Å². The van der Waals surface area contributed by atoms with Gasteiger partial charge in [-0.2, -0.15) is 21.5 Å². The molecule has 3 aliphatic heterocycles. The third-order valence-electron chi connectivity index (χ3n) is 10.5. The number of likely N-dealkylation sites (tertiary alicyclic amines) is 1. The van der Waals surface area contributed by atoms with E-state index in [1.807, 2.05) is 21.6 Å². The molecular weight excluding hydrogens is 652 g/mol. The number of halogens is 2. The standard InChI is InChI=1S/C36H43F2N5O5S/c1-36(37,38)48-31-12-8-11-27-29(31)17-24(35(45)43-25-14-15-26(43)21-41(4)20-25)19-42-30-18-23(34(44)39-49(46,47)40(2)3)13-16-28(30)32(33(27)42)22-9-6-5-7-10-22/h8,11-13,16-18,22,25-26H,5-7,9-10,14-15,19-21H2,1-4H3,(H,39,44). The maximum absolute atomic E-state index is 14.6. The molecule has 4 heterocycles. The largest absolute Gasteiger partial charge is 0.432 e. The Bertz CT molecular complexity index is 1950. The molecule has 49 heavy (non-hydrogen) atoms. The fraction of sp³-hybridized carbons (Fsp3) is 0.500. The summed E-state index contributed by atoms with van der Waals surface area (Å²) in [5.74, 6) is -0.762. The molecule has 2 unspecified atom stereocenters. The van der Waals surface area contributed by atoms with Gasteiger partial charge >= 0.3 is 16.3 Å². The SMILES string of the molecule is CN1CC2CCC(C1)N2C(=O)C1=Cc2c(OC(C)(F)F)cccc2-c2c(C3CCCCC3)c3ccc(C(=O)NS(=O)(=O)N(C)C)cc3n2C1. The lowest BCUT2D eigenvalue weighted by Crippen LogP contribution is -2.55. The Morgan fingerprint density at radius 3 is 2.35 bits per heavy atom. The summed E-state index contributed by atoms with van der Waals surface area (Å²) in [6.07, 6.45) is 5.18. The number of carbonyl (C=O) groups excluding carboxylic acids is 2. The number of piperazine rings is 1. The van der Waals surface area contributed by atoms with Crippen molar-refractivity contribution in [2.75, 3.05) is 34.2 Å². The van der Waals surface area contributed by atoms with Crippen LogP contribution >= 0.6 is 0 Å². The summed E-state index contributed by atoms with van der Waals surface area (Å²) in [5, 5.41) is 0.889. The summed E-state index contributed by atoms with van der Waals surface area (Å²) in [6.45, 7) is 2.37. The van der Waals surface area contributed by atoms with Gasteiger partial charge in [0.25, 0.3) is 11.8 Å². The first-order valence-corrected chi connectivity index (χ1v) is 18.5. The number of rotatable bonds is 7. The smallest absolute Gasteiger partial charge is 0.394 e. The molecule has 0 radical (unpaired) electrons. The van der Waals surface area contributed by atoms with Crippen LogP contribution in [-0.4, -0.2) is 91.3 Å². The predicted octanol–water partition coefficient (Wildman–Crippen LogP) is 5.59. The molecule has 4 aliphatic rings. The molecule has 1 saturated carbocycles.